The van der Waals surface area contributed by atoms with E-state index >= 15 is 0 Å². The zero-order valence-electron chi connectivity index (χ0n) is 9.72. The lowest BCUT2D eigenvalue weighted by molar-refractivity contribution is -0.123. The summed E-state index contributed by atoms with van der Waals surface area (Å²) >= 11 is 5.80. The number of nitrogens with zero attached hydrogens (tertiary/aromatic N) is 1. The average molecular weight is 290 g/mol. The Hall–Kier alpha value is -1.27. The van der Waals surface area contributed by atoms with Crippen LogP contribution in [0.1, 0.15) is 12.8 Å². The molecule has 1 saturated heterocycles. The van der Waals surface area contributed by atoms with Crippen LogP contribution in [0.5, 0.6) is 5.75 Å². The molecule has 18 heavy (non-hydrogen) atoms. The van der Waals surface area contributed by atoms with Crippen LogP contribution in [0.3, 0.4) is 0 Å². The minimum absolute atomic E-state index is 0.0762. The van der Waals surface area contributed by atoms with E-state index in [1.165, 1.54) is 25.3 Å². The third-order valence-electron chi connectivity index (χ3n) is 2.72. The molecule has 7 heteroatoms. The molecule has 1 aliphatic rings. The maximum atomic E-state index is 12.3. The summed E-state index contributed by atoms with van der Waals surface area (Å²) in [7, 11) is -2.51. The largest absolute Gasteiger partial charge is 0.495 e. The minimum Gasteiger partial charge on any atom is -0.495 e. The van der Waals surface area contributed by atoms with Gasteiger partial charge in [-0.15, -0.1) is 0 Å². The lowest BCUT2D eigenvalue weighted by Crippen LogP contribution is -2.32. The molecule has 2 rings (SSSR count). The van der Waals surface area contributed by atoms with Crippen LogP contribution in [-0.4, -0.2) is 32.3 Å². The fourth-order valence-electron chi connectivity index (χ4n) is 1.85. The number of methoxy groups -OCH3 is 1. The smallest absolute Gasteiger partial charge is 0.270 e. The van der Waals surface area contributed by atoms with Gasteiger partial charge < -0.3 is 4.74 Å². The van der Waals surface area contributed by atoms with Crippen molar-refractivity contribution in [2.45, 2.75) is 17.7 Å². The molecule has 0 saturated carbocycles. The van der Waals surface area contributed by atoms with Gasteiger partial charge >= 0.3 is 0 Å². The van der Waals surface area contributed by atoms with Gasteiger partial charge in [0.1, 0.15) is 10.6 Å². The van der Waals surface area contributed by atoms with Crippen molar-refractivity contribution in [3.8, 4) is 5.75 Å². The Labute approximate surface area is 110 Å². The molecule has 0 radical (unpaired) electrons. The van der Waals surface area contributed by atoms with Gasteiger partial charge in [-0.2, -0.15) is 0 Å². The van der Waals surface area contributed by atoms with Crippen molar-refractivity contribution in [2.75, 3.05) is 13.7 Å². The predicted octanol–water partition coefficient (Wildman–Crippen LogP) is 1.66. The molecule has 1 amide bonds. The molecule has 0 unspecified atom stereocenters. The topological polar surface area (TPSA) is 63.7 Å². The number of halogens is 1. The average Bonchev–Trinajstić information content (AvgIpc) is 2.76. The molecular weight excluding hydrogens is 278 g/mol. The van der Waals surface area contributed by atoms with Crippen molar-refractivity contribution in [1.82, 2.24) is 4.31 Å². The molecule has 1 aliphatic heterocycles. The number of sulfonamides is 1. The van der Waals surface area contributed by atoms with Crippen molar-refractivity contribution in [1.29, 1.82) is 0 Å². The summed E-state index contributed by atoms with van der Waals surface area (Å²) in [6, 6.07) is 4.29. The van der Waals surface area contributed by atoms with E-state index < -0.39 is 15.9 Å². The quantitative estimate of drug-likeness (QED) is 0.849. The summed E-state index contributed by atoms with van der Waals surface area (Å²) in [5, 5.41) is 0.279. The summed E-state index contributed by atoms with van der Waals surface area (Å²) in [6.45, 7) is 0.205. The minimum atomic E-state index is -3.88. The Kier molecular flexibility index (Phi) is 3.49. The number of rotatable bonds is 3. The molecule has 98 valence electrons. The standard InChI is InChI=1S/C11H12ClNO4S/c1-17-9-5-4-8(12)7-10(9)18(15,16)13-6-2-3-11(13)14/h4-5,7H,2-3,6H2,1H3. The van der Waals surface area contributed by atoms with Crippen LogP contribution in [0, 0.1) is 0 Å². The molecule has 0 spiro atoms. The van der Waals surface area contributed by atoms with Gasteiger partial charge in [0.2, 0.25) is 5.91 Å². The summed E-state index contributed by atoms with van der Waals surface area (Å²) < 4.78 is 30.6. The monoisotopic (exact) mass is 289 g/mol. The van der Waals surface area contributed by atoms with Gasteiger partial charge in [0.15, 0.2) is 0 Å². The number of carbonyl (C=O) groups is 1. The van der Waals surface area contributed by atoms with E-state index in [0.717, 1.165) is 4.31 Å². The molecule has 1 aromatic carbocycles. The first kappa shape index (κ1) is 13.2. The number of amides is 1. The Morgan fingerprint density at radius 3 is 2.67 bits per heavy atom. The van der Waals surface area contributed by atoms with Crippen LogP contribution in [-0.2, 0) is 14.8 Å². The molecular formula is C11H12ClNO4S. The highest BCUT2D eigenvalue weighted by atomic mass is 35.5. The fourth-order valence-corrected chi connectivity index (χ4v) is 3.73. The number of carbonyl (C=O) groups excluding carboxylic acids is 1. The van der Waals surface area contributed by atoms with Crippen LogP contribution in [0.15, 0.2) is 23.1 Å². The highest BCUT2D eigenvalue weighted by Crippen LogP contribution is 2.31. The maximum Gasteiger partial charge on any atom is 0.270 e. The Morgan fingerprint density at radius 2 is 2.11 bits per heavy atom. The molecule has 0 atom stereocenters. The van der Waals surface area contributed by atoms with Crippen molar-refractivity contribution < 1.29 is 17.9 Å². The van der Waals surface area contributed by atoms with Crippen molar-refractivity contribution in [2.24, 2.45) is 0 Å². The molecule has 0 aromatic heterocycles. The van der Waals surface area contributed by atoms with Crippen LogP contribution in [0.25, 0.3) is 0 Å². The molecule has 1 fully saturated rings. The van der Waals surface area contributed by atoms with Crippen LogP contribution in [0.2, 0.25) is 5.02 Å². The van der Waals surface area contributed by atoms with Gasteiger partial charge in [-0.05, 0) is 24.6 Å². The highest BCUT2D eigenvalue weighted by molar-refractivity contribution is 7.89. The lowest BCUT2D eigenvalue weighted by atomic mass is 10.3. The number of hydrogen-bond acceptors (Lipinski definition) is 4. The van der Waals surface area contributed by atoms with Gasteiger partial charge in [-0.1, -0.05) is 11.6 Å². The van der Waals surface area contributed by atoms with Gasteiger partial charge in [-0.25, -0.2) is 12.7 Å². The first-order valence-electron chi connectivity index (χ1n) is 5.36. The molecule has 0 bridgehead atoms. The predicted molar refractivity (Wildman–Crippen MR) is 66.1 cm³/mol. The highest BCUT2D eigenvalue weighted by Gasteiger charge is 2.34. The third kappa shape index (κ3) is 2.18. The number of benzene rings is 1. The number of hydrogen-bond donors (Lipinski definition) is 0. The Balaban J connectivity index is 2.53. The van der Waals surface area contributed by atoms with Gasteiger partial charge in [0, 0.05) is 18.0 Å². The zero-order chi connectivity index (χ0) is 13.3. The van der Waals surface area contributed by atoms with E-state index in [1.54, 1.807) is 0 Å². The van der Waals surface area contributed by atoms with Crippen LogP contribution in [0.4, 0.5) is 0 Å². The fraction of sp³-hybridized carbons (Fsp3) is 0.364. The third-order valence-corrected chi connectivity index (χ3v) is 4.80. The summed E-state index contributed by atoms with van der Waals surface area (Å²) in [4.78, 5) is 11.5. The van der Waals surface area contributed by atoms with Crippen LogP contribution < -0.4 is 4.74 Å². The molecule has 5 nitrogen and oxygen atoms in total. The normalized spacial score (nSPS) is 16.1. The van der Waals surface area contributed by atoms with Crippen molar-refractivity contribution in [3.05, 3.63) is 23.2 Å². The van der Waals surface area contributed by atoms with Gasteiger partial charge in [0.05, 0.1) is 7.11 Å². The SMILES string of the molecule is COc1ccc(Cl)cc1S(=O)(=O)N1CCCC1=O. The second-order valence-electron chi connectivity index (χ2n) is 3.87. The van der Waals surface area contributed by atoms with E-state index in [4.69, 9.17) is 16.3 Å². The maximum absolute atomic E-state index is 12.3. The second kappa shape index (κ2) is 4.78. The first-order valence-corrected chi connectivity index (χ1v) is 7.17. The van der Waals surface area contributed by atoms with Crippen LogP contribution >= 0.6 is 11.6 Å². The van der Waals surface area contributed by atoms with E-state index in [9.17, 15) is 13.2 Å². The van der Waals surface area contributed by atoms with Gasteiger partial charge in [-0.3, -0.25) is 4.79 Å². The summed E-state index contributed by atoms with van der Waals surface area (Å²) in [5.41, 5.74) is 0. The van der Waals surface area contributed by atoms with E-state index in [2.05, 4.69) is 0 Å². The number of ether oxygens (including phenoxy) is 1. The molecule has 0 aliphatic carbocycles. The molecule has 0 N–H and O–H groups in total. The first-order chi connectivity index (χ1) is 8.46. The molecule has 1 heterocycles. The van der Waals surface area contributed by atoms with Crippen molar-refractivity contribution >= 4 is 27.5 Å². The van der Waals surface area contributed by atoms with E-state index in [0.29, 0.717) is 6.42 Å². The Bertz CT molecular complexity index is 585. The zero-order valence-corrected chi connectivity index (χ0v) is 11.3. The lowest BCUT2D eigenvalue weighted by Gasteiger charge is -2.18. The van der Waals surface area contributed by atoms with Gasteiger partial charge in [0.25, 0.3) is 10.0 Å². The van der Waals surface area contributed by atoms with E-state index in [1.807, 2.05) is 0 Å². The summed E-state index contributed by atoms with van der Waals surface area (Å²) in [6.07, 6.45) is 0.795. The summed E-state index contributed by atoms with van der Waals surface area (Å²) in [5.74, 6) is -0.212. The van der Waals surface area contributed by atoms with E-state index in [-0.39, 0.29) is 28.6 Å². The second-order valence-corrected chi connectivity index (χ2v) is 6.14. The molecule has 1 aromatic rings. The Morgan fingerprint density at radius 1 is 1.39 bits per heavy atom. The van der Waals surface area contributed by atoms with Crippen molar-refractivity contribution in [3.63, 3.8) is 0 Å².